The number of nitrogens with one attached hydrogen (secondary N) is 2. The summed E-state index contributed by atoms with van der Waals surface area (Å²) in [6.07, 6.45) is -8.31. The third kappa shape index (κ3) is 7.01. The molecule has 0 saturated heterocycles. The summed E-state index contributed by atoms with van der Waals surface area (Å²) in [6.45, 7) is -0.00432. The molecule has 0 fully saturated rings. The van der Waals surface area contributed by atoms with Gasteiger partial charge in [0.05, 0.1) is 16.1 Å². The van der Waals surface area contributed by atoms with Gasteiger partial charge in [-0.15, -0.1) is 0 Å². The van der Waals surface area contributed by atoms with Gasteiger partial charge in [0.1, 0.15) is 0 Å². The van der Waals surface area contributed by atoms with E-state index in [9.17, 15) is 36.5 Å². The molecule has 11 heteroatoms. The van der Waals surface area contributed by atoms with E-state index in [1.807, 2.05) is 0 Å². The maximum atomic E-state index is 12.6. The van der Waals surface area contributed by atoms with E-state index in [4.69, 9.17) is 0 Å². The predicted octanol–water partition coefficient (Wildman–Crippen LogP) is 4.68. The second kappa shape index (κ2) is 8.84. The average molecular weight is 419 g/mol. The van der Waals surface area contributed by atoms with E-state index in [1.165, 1.54) is 24.3 Å². The summed E-state index contributed by atoms with van der Waals surface area (Å²) in [4.78, 5) is 10.0. The minimum Gasteiger partial charge on any atom is -0.363 e. The van der Waals surface area contributed by atoms with Gasteiger partial charge in [0.2, 0.25) is 0 Å². The molecule has 0 spiro atoms. The fourth-order valence-corrected chi connectivity index (χ4v) is 2.28. The SMILES string of the molecule is O=[N+]([O-])C=C(NCc1ccc(C(F)(F)F)cc1)NCc1ccc(C(F)(F)F)cc1. The Morgan fingerprint density at radius 1 is 0.793 bits per heavy atom. The highest BCUT2D eigenvalue weighted by molar-refractivity contribution is 5.26. The predicted molar refractivity (Wildman–Crippen MR) is 91.6 cm³/mol. The van der Waals surface area contributed by atoms with Crippen molar-refractivity contribution < 1.29 is 31.3 Å². The molecule has 156 valence electrons. The molecule has 0 radical (unpaired) electrons. The number of rotatable bonds is 7. The zero-order chi connectivity index (χ0) is 21.7. The van der Waals surface area contributed by atoms with Crippen LogP contribution in [0.1, 0.15) is 22.3 Å². The first-order valence-corrected chi connectivity index (χ1v) is 8.10. The zero-order valence-corrected chi connectivity index (χ0v) is 14.6. The van der Waals surface area contributed by atoms with Gasteiger partial charge in [-0.1, -0.05) is 24.3 Å². The van der Waals surface area contributed by atoms with Crippen molar-refractivity contribution in [3.05, 3.63) is 92.9 Å². The first-order valence-electron chi connectivity index (χ1n) is 8.10. The van der Waals surface area contributed by atoms with Gasteiger partial charge in [0.15, 0.2) is 5.82 Å². The molecule has 2 rings (SSSR count). The molecule has 0 aliphatic carbocycles. The van der Waals surface area contributed by atoms with E-state index >= 15 is 0 Å². The number of nitro groups is 1. The maximum Gasteiger partial charge on any atom is 0.416 e. The standard InChI is InChI=1S/C18H15F6N3O2/c19-17(20,21)14-5-1-12(2-6-14)9-25-16(11-27(28)29)26-10-13-3-7-15(8-4-13)18(22,23)24/h1-8,11,25-26H,9-10H2. The van der Waals surface area contributed by atoms with Crippen LogP contribution in [-0.4, -0.2) is 4.92 Å². The van der Waals surface area contributed by atoms with Crippen molar-refractivity contribution in [3.8, 4) is 0 Å². The van der Waals surface area contributed by atoms with Crippen molar-refractivity contribution in [1.82, 2.24) is 10.6 Å². The molecule has 0 atom stereocenters. The van der Waals surface area contributed by atoms with Gasteiger partial charge in [-0.3, -0.25) is 10.1 Å². The van der Waals surface area contributed by atoms with Crippen molar-refractivity contribution in [3.63, 3.8) is 0 Å². The summed E-state index contributed by atoms with van der Waals surface area (Å²) >= 11 is 0. The average Bonchev–Trinajstić information content (AvgIpc) is 2.63. The van der Waals surface area contributed by atoms with Gasteiger partial charge in [0.25, 0.3) is 6.20 Å². The van der Waals surface area contributed by atoms with Crippen LogP contribution in [0, 0.1) is 10.1 Å². The Hall–Kier alpha value is -3.24. The van der Waals surface area contributed by atoms with E-state index in [-0.39, 0.29) is 18.9 Å². The monoisotopic (exact) mass is 419 g/mol. The van der Waals surface area contributed by atoms with Gasteiger partial charge < -0.3 is 10.6 Å². The van der Waals surface area contributed by atoms with Crippen molar-refractivity contribution in [1.29, 1.82) is 0 Å². The Labute approximate surface area is 161 Å². The molecular weight excluding hydrogens is 404 g/mol. The topological polar surface area (TPSA) is 67.2 Å². The minimum atomic E-state index is -4.47. The van der Waals surface area contributed by atoms with Crippen molar-refractivity contribution in [2.45, 2.75) is 25.4 Å². The number of hydrogen-bond donors (Lipinski definition) is 2. The molecule has 0 aliphatic heterocycles. The number of benzene rings is 2. The second-order valence-corrected chi connectivity index (χ2v) is 5.92. The van der Waals surface area contributed by atoms with Crippen LogP contribution < -0.4 is 10.6 Å². The van der Waals surface area contributed by atoms with Crippen molar-refractivity contribution in [2.75, 3.05) is 0 Å². The van der Waals surface area contributed by atoms with Gasteiger partial charge in [-0.25, -0.2) is 0 Å². The van der Waals surface area contributed by atoms with Crippen LogP contribution in [0.3, 0.4) is 0 Å². The summed E-state index contributed by atoms with van der Waals surface area (Å²) in [5, 5.41) is 16.1. The third-order valence-corrected chi connectivity index (χ3v) is 3.76. The molecule has 2 aromatic rings. The Balaban J connectivity index is 1.99. The summed E-state index contributed by atoms with van der Waals surface area (Å²) < 4.78 is 75.3. The first-order chi connectivity index (χ1) is 13.4. The molecule has 0 aromatic heterocycles. The minimum absolute atomic E-state index is 0.00216. The van der Waals surface area contributed by atoms with Crippen LogP contribution in [0.4, 0.5) is 26.3 Å². The molecule has 0 heterocycles. The molecule has 2 aromatic carbocycles. The zero-order valence-electron chi connectivity index (χ0n) is 14.6. The molecular formula is C18H15F6N3O2. The normalized spacial score (nSPS) is 11.7. The molecule has 0 aliphatic rings. The Morgan fingerprint density at radius 2 is 1.14 bits per heavy atom. The Morgan fingerprint density at radius 3 is 1.41 bits per heavy atom. The van der Waals surface area contributed by atoms with Gasteiger partial charge >= 0.3 is 12.4 Å². The van der Waals surface area contributed by atoms with Gasteiger partial charge in [-0.05, 0) is 35.4 Å². The molecule has 0 bridgehead atoms. The van der Waals surface area contributed by atoms with E-state index in [2.05, 4.69) is 10.6 Å². The van der Waals surface area contributed by atoms with Crippen LogP contribution in [0.25, 0.3) is 0 Å². The van der Waals surface area contributed by atoms with Gasteiger partial charge in [-0.2, -0.15) is 26.3 Å². The van der Waals surface area contributed by atoms with Crippen LogP contribution in [-0.2, 0) is 25.4 Å². The quantitative estimate of drug-likeness (QED) is 0.389. The highest BCUT2D eigenvalue weighted by atomic mass is 19.4. The number of halogens is 6. The van der Waals surface area contributed by atoms with Crippen LogP contribution in [0.15, 0.2) is 60.6 Å². The lowest BCUT2D eigenvalue weighted by molar-refractivity contribution is -0.404. The molecule has 0 unspecified atom stereocenters. The molecule has 2 N–H and O–H groups in total. The number of hydrogen-bond acceptors (Lipinski definition) is 4. The third-order valence-electron chi connectivity index (χ3n) is 3.76. The van der Waals surface area contributed by atoms with Crippen molar-refractivity contribution >= 4 is 0 Å². The highest BCUT2D eigenvalue weighted by Gasteiger charge is 2.30. The Kier molecular flexibility index (Phi) is 6.72. The summed E-state index contributed by atoms with van der Waals surface area (Å²) in [7, 11) is 0. The molecule has 0 saturated carbocycles. The summed E-state index contributed by atoms with van der Waals surface area (Å²) in [5.41, 5.74) is -0.738. The largest absolute Gasteiger partial charge is 0.416 e. The van der Waals surface area contributed by atoms with Crippen LogP contribution in [0.2, 0.25) is 0 Å². The second-order valence-electron chi connectivity index (χ2n) is 5.92. The number of nitrogens with zero attached hydrogens (tertiary/aromatic N) is 1. The lowest BCUT2D eigenvalue weighted by Crippen LogP contribution is -2.27. The molecule has 5 nitrogen and oxygen atoms in total. The fourth-order valence-electron chi connectivity index (χ4n) is 2.28. The van der Waals surface area contributed by atoms with E-state index in [0.717, 1.165) is 24.3 Å². The highest BCUT2D eigenvalue weighted by Crippen LogP contribution is 2.29. The van der Waals surface area contributed by atoms with Gasteiger partial charge in [0, 0.05) is 13.1 Å². The van der Waals surface area contributed by atoms with E-state index in [1.54, 1.807) is 0 Å². The van der Waals surface area contributed by atoms with E-state index < -0.39 is 28.4 Å². The maximum absolute atomic E-state index is 12.6. The fraction of sp³-hybridized carbons (Fsp3) is 0.222. The lowest BCUT2D eigenvalue weighted by Gasteiger charge is -2.13. The smallest absolute Gasteiger partial charge is 0.363 e. The summed E-state index contributed by atoms with van der Waals surface area (Å²) in [6, 6.07) is 8.50. The first kappa shape index (κ1) is 22.1. The molecule has 0 amide bonds. The Bertz CT molecular complexity index is 796. The van der Waals surface area contributed by atoms with Crippen molar-refractivity contribution in [2.24, 2.45) is 0 Å². The van der Waals surface area contributed by atoms with Crippen LogP contribution in [0.5, 0.6) is 0 Å². The summed E-state index contributed by atoms with van der Waals surface area (Å²) in [5.74, 6) is -0.0465. The van der Waals surface area contributed by atoms with Crippen LogP contribution >= 0.6 is 0 Å². The number of alkyl halides is 6. The molecule has 29 heavy (non-hydrogen) atoms. The lowest BCUT2D eigenvalue weighted by atomic mass is 10.1. The van der Waals surface area contributed by atoms with E-state index in [0.29, 0.717) is 17.3 Å².